The van der Waals surface area contributed by atoms with Gasteiger partial charge >= 0.3 is 6.03 Å². The summed E-state index contributed by atoms with van der Waals surface area (Å²) in [5, 5.41) is 19.4. The number of nitrogens with one attached hydrogen (secondary N) is 2. The summed E-state index contributed by atoms with van der Waals surface area (Å²) in [5.41, 5.74) is 1.13. The van der Waals surface area contributed by atoms with Crippen molar-refractivity contribution >= 4 is 58.1 Å². The van der Waals surface area contributed by atoms with Crippen molar-refractivity contribution in [2.24, 2.45) is 10.6 Å². The average Bonchev–Trinajstić information content (AvgIpc) is 3.52. The maximum absolute atomic E-state index is 13.7. The van der Waals surface area contributed by atoms with Gasteiger partial charge in [-0.25, -0.2) is 4.79 Å². The molecule has 1 fully saturated rings. The second kappa shape index (κ2) is 10.9. The lowest BCUT2D eigenvalue weighted by Gasteiger charge is -2.55. The Morgan fingerprint density at radius 1 is 1.10 bits per heavy atom. The van der Waals surface area contributed by atoms with Crippen LogP contribution in [0.5, 0.6) is 0 Å². The molecule has 2 aliphatic rings. The average molecular weight is 605 g/mol. The van der Waals surface area contributed by atoms with Crippen LogP contribution >= 0.6 is 34.8 Å². The fourth-order valence-corrected chi connectivity index (χ4v) is 5.65. The predicted molar refractivity (Wildman–Crippen MR) is 154 cm³/mol. The van der Waals surface area contributed by atoms with E-state index in [1.165, 1.54) is 0 Å². The van der Waals surface area contributed by atoms with E-state index in [0.29, 0.717) is 51.7 Å². The van der Waals surface area contributed by atoms with Crippen molar-refractivity contribution < 1.29 is 14.4 Å². The van der Waals surface area contributed by atoms with Crippen molar-refractivity contribution in [1.82, 2.24) is 25.2 Å². The topological polar surface area (TPSA) is 114 Å². The van der Waals surface area contributed by atoms with Gasteiger partial charge in [0, 0.05) is 34.0 Å². The number of aromatic nitrogens is 3. The van der Waals surface area contributed by atoms with Crippen molar-refractivity contribution in [3.8, 4) is 0 Å². The third-order valence-electron chi connectivity index (χ3n) is 7.13. The van der Waals surface area contributed by atoms with Crippen LogP contribution in [0, 0.1) is 5.41 Å². The van der Waals surface area contributed by atoms with E-state index < -0.39 is 11.6 Å². The van der Waals surface area contributed by atoms with Gasteiger partial charge in [0.2, 0.25) is 5.60 Å². The van der Waals surface area contributed by atoms with Crippen LogP contribution in [-0.4, -0.2) is 55.7 Å². The summed E-state index contributed by atoms with van der Waals surface area (Å²) in [6.07, 6.45) is 2.05. The normalized spacial score (nSPS) is 21.3. The minimum atomic E-state index is -1.15. The maximum atomic E-state index is 13.7. The summed E-state index contributed by atoms with van der Waals surface area (Å²) in [5.74, 6) is -0.151. The second-order valence-electron chi connectivity index (χ2n) is 10.9. The molecular formula is C27H28Cl3N7O3. The molecule has 210 valence electrons. The minimum Gasteiger partial charge on any atom is -0.379 e. The number of carbonyl (C=O) groups is 2. The van der Waals surface area contributed by atoms with Gasteiger partial charge in [-0.3, -0.25) is 9.48 Å². The van der Waals surface area contributed by atoms with Gasteiger partial charge in [-0.2, -0.15) is 0 Å². The number of hydrogen-bond donors (Lipinski definition) is 2. The molecule has 0 bridgehead atoms. The van der Waals surface area contributed by atoms with Gasteiger partial charge in [-0.1, -0.05) is 71.2 Å². The Hall–Kier alpha value is -3.34. The monoisotopic (exact) mass is 603 g/mol. The number of para-hydroxylation sites is 1. The zero-order valence-corrected chi connectivity index (χ0v) is 24.4. The van der Waals surface area contributed by atoms with E-state index in [2.05, 4.69) is 39.9 Å². The molecule has 0 spiro atoms. The van der Waals surface area contributed by atoms with Crippen LogP contribution < -0.4 is 10.6 Å². The third kappa shape index (κ3) is 5.89. The second-order valence-corrected chi connectivity index (χ2v) is 12.1. The minimum absolute atomic E-state index is 0.142. The highest BCUT2D eigenvalue weighted by atomic mass is 35.5. The molecule has 3 aromatic rings. The van der Waals surface area contributed by atoms with Gasteiger partial charge in [0.1, 0.15) is 5.69 Å². The van der Waals surface area contributed by atoms with Gasteiger partial charge in [0.15, 0.2) is 0 Å². The van der Waals surface area contributed by atoms with Gasteiger partial charge < -0.3 is 20.4 Å². The predicted octanol–water partition coefficient (Wildman–Crippen LogP) is 5.38. The lowest BCUT2D eigenvalue weighted by Crippen LogP contribution is -2.68. The Bertz CT molecular complexity index is 1470. The fraction of sp³-hybridized carbons (Fsp3) is 0.370. The quantitative estimate of drug-likeness (QED) is 0.376. The first-order valence-electron chi connectivity index (χ1n) is 12.6. The Labute approximate surface area is 246 Å². The van der Waals surface area contributed by atoms with Crippen molar-refractivity contribution in [2.45, 2.75) is 51.9 Å². The molecular weight excluding hydrogens is 577 g/mol. The number of likely N-dealkylation sites (tertiary alicyclic amines) is 1. The highest BCUT2D eigenvalue weighted by molar-refractivity contribution is 6.35. The maximum Gasteiger partial charge on any atom is 0.319 e. The van der Waals surface area contributed by atoms with E-state index in [1.807, 2.05) is 0 Å². The van der Waals surface area contributed by atoms with Crippen LogP contribution in [0.15, 0.2) is 53.8 Å². The highest BCUT2D eigenvalue weighted by Crippen LogP contribution is 2.41. The molecule has 0 radical (unpaired) electrons. The number of benzene rings is 2. The number of carbonyl (C=O) groups excluding carboxylic acids is 2. The first-order valence-corrected chi connectivity index (χ1v) is 13.8. The molecule has 2 aliphatic heterocycles. The Kier molecular flexibility index (Phi) is 7.69. The Morgan fingerprint density at radius 2 is 1.82 bits per heavy atom. The fourth-order valence-electron chi connectivity index (χ4n) is 4.94. The molecule has 2 unspecified atom stereocenters. The summed E-state index contributed by atoms with van der Waals surface area (Å²) in [6.45, 7) is 7.13. The standard InChI is InChI=1S/C27H28Cl3N7O3/c1-26(2)15-37(24(38)27(3)11-22(34-40-27)16-8-17(28)10-18(29)9-16)23(26)14-36-13-19(33-35-36)12-31-25(39)32-21-7-5-4-6-20(21)30/h4-10,13,23H,11-12,14-15H2,1-3H3,(H2,31,32,39). The largest absolute Gasteiger partial charge is 0.379 e. The number of oxime groups is 1. The van der Waals surface area contributed by atoms with Crippen LogP contribution in [0.1, 0.15) is 38.4 Å². The van der Waals surface area contributed by atoms with Gasteiger partial charge in [-0.05, 0) is 37.3 Å². The highest BCUT2D eigenvalue weighted by Gasteiger charge is 2.55. The first kappa shape index (κ1) is 28.2. The number of rotatable bonds is 7. The number of hydrogen-bond acceptors (Lipinski definition) is 6. The van der Waals surface area contributed by atoms with Crippen LogP contribution in [0.25, 0.3) is 0 Å². The summed E-state index contributed by atoms with van der Waals surface area (Å²) in [4.78, 5) is 33.4. The SMILES string of the molecule is CC1(C(=O)N2CC(C)(C)C2Cn2cc(CNC(=O)Nc3ccccc3Cl)nn2)CC(c2cc(Cl)cc(Cl)c2)=NO1. The number of anilines is 1. The molecule has 3 heterocycles. The Balaban J connectivity index is 1.19. The van der Waals surface area contributed by atoms with Crippen LogP contribution in [0.4, 0.5) is 10.5 Å². The van der Waals surface area contributed by atoms with E-state index in [1.54, 1.807) is 65.2 Å². The molecule has 3 amide bonds. The Morgan fingerprint density at radius 3 is 2.52 bits per heavy atom. The van der Waals surface area contributed by atoms with Crippen molar-refractivity contribution in [3.05, 3.63) is 75.0 Å². The smallest absolute Gasteiger partial charge is 0.319 e. The van der Waals surface area contributed by atoms with Crippen molar-refractivity contribution in [3.63, 3.8) is 0 Å². The van der Waals surface area contributed by atoms with E-state index in [0.717, 1.165) is 5.56 Å². The third-order valence-corrected chi connectivity index (χ3v) is 7.89. The summed E-state index contributed by atoms with van der Waals surface area (Å²) in [6, 6.07) is 11.6. The molecule has 2 aromatic carbocycles. The van der Waals surface area contributed by atoms with E-state index in [9.17, 15) is 9.59 Å². The van der Waals surface area contributed by atoms with Crippen LogP contribution in [0.3, 0.4) is 0 Å². The summed E-state index contributed by atoms with van der Waals surface area (Å²) < 4.78 is 1.68. The zero-order chi connectivity index (χ0) is 28.7. The molecule has 0 aliphatic carbocycles. The summed E-state index contributed by atoms with van der Waals surface area (Å²) in [7, 11) is 0. The molecule has 13 heteroatoms. The number of amides is 3. The molecule has 2 N–H and O–H groups in total. The number of halogens is 3. The molecule has 40 heavy (non-hydrogen) atoms. The lowest BCUT2D eigenvalue weighted by molar-refractivity contribution is -0.174. The van der Waals surface area contributed by atoms with Crippen molar-refractivity contribution in [1.29, 1.82) is 0 Å². The molecule has 1 saturated heterocycles. The zero-order valence-electron chi connectivity index (χ0n) is 22.1. The molecule has 5 rings (SSSR count). The molecule has 0 saturated carbocycles. The van der Waals surface area contributed by atoms with Gasteiger partial charge in [-0.15, -0.1) is 5.10 Å². The molecule has 1 aromatic heterocycles. The van der Waals surface area contributed by atoms with E-state index >= 15 is 0 Å². The number of urea groups is 1. The molecule has 2 atom stereocenters. The van der Waals surface area contributed by atoms with Crippen LogP contribution in [-0.2, 0) is 22.7 Å². The van der Waals surface area contributed by atoms with Gasteiger partial charge in [0.05, 0.1) is 41.7 Å². The van der Waals surface area contributed by atoms with Crippen molar-refractivity contribution in [2.75, 3.05) is 11.9 Å². The summed E-state index contributed by atoms with van der Waals surface area (Å²) >= 11 is 18.4. The molecule has 10 nitrogen and oxygen atoms in total. The van der Waals surface area contributed by atoms with E-state index in [4.69, 9.17) is 39.6 Å². The van der Waals surface area contributed by atoms with Gasteiger partial charge in [0.25, 0.3) is 5.91 Å². The van der Waals surface area contributed by atoms with Crippen LogP contribution in [0.2, 0.25) is 15.1 Å². The first-order chi connectivity index (χ1) is 18.9. The van der Waals surface area contributed by atoms with E-state index in [-0.39, 0.29) is 23.9 Å². The number of nitrogens with zero attached hydrogens (tertiary/aromatic N) is 5. The lowest BCUT2D eigenvalue weighted by atomic mass is 9.73.